The van der Waals surface area contributed by atoms with Crippen LogP contribution < -0.4 is 9.80 Å². The van der Waals surface area contributed by atoms with Gasteiger partial charge >= 0.3 is 0 Å². The smallest absolute Gasteiger partial charge is 0.248 e. The predicted octanol–water partition coefficient (Wildman–Crippen LogP) is 0.146. The molecule has 0 bridgehead atoms. The van der Waals surface area contributed by atoms with Gasteiger partial charge in [0, 0.05) is 53.5 Å². The van der Waals surface area contributed by atoms with E-state index in [1.807, 2.05) is 36.9 Å². The van der Waals surface area contributed by atoms with E-state index >= 15 is 0 Å². The molecule has 2 rings (SSSR count). The third kappa shape index (κ3) is 3.81. The molecule has 1 aliphatic rings. The molecule has 1 aliphatic heterocycles. The van der Waals surface area contributed by atoms with Gasteiger partial charge in [-0.05, 0) is 6.92 Å². The lowest BCUT2D eigenvalue weighted by atomic mass is 10.3. The summed E-state index contributed by atoms with van der Waals surface area (Å²) in [6.45, 7) is 4.99. The van der Waals surface area contributed by atoms with Crippen molar-refractivity contribution in [1.29, 1.82) is 0 Å². The average molecular weight is 293 g/mol. The zero-order valence-electron chi connectivity index (χ0n) is 13.2. The molecule has 1 saturated heterocycles. The van der Waals surface area contributed by atoms with Gasteiger partial charge in [0.05, 0.1) is 0 Å². The minimum atomic E-state index is 0.0463. The minimum Gasteiger partial charge on any atom is -0.375 e. The Hall–Kier alpha value is -1.89. The highest BCUT2D eigenvalue weighted by Gasteiger charge is 2.22. The summed E-state index contributed by atoms with van der Waals surface area (Å²) in [6.07, 6.45) is 0. The molecule has 1 fully saturated rings. The van der Waals surface area contributed by atoms with E-state index in [-0.39, 0.29) is 12.5 Å². The topological polar surface area (TPSA) is 61.8 Å². The monoisotopic (exact) mass is 293 g/mol. The van der Waals surface area contributed by atoms with Crippen LogP contribution in [0.5, 0.6) is 0 Å². The van der Waals surface area contributed by atoms with Crippen molar-refractivity contribution in [2.75, 3.05) is 63.8 Å². The number of piperazine rings is 1. The lowest BCUT2D eigenvalue weighted by Gasteiger charge is -2.35. The van der Waals surface area contributed by atoms with E-state index in [0.717, 1.165) is 30.5 Å². The third-order valence-electron chi connectivity index (χ3n) is 3.49. The number of hydrogen-bond donors (Lipinski definition) is 0. The van der Waals surface area contributed by atoms with Crippen LogP contribution in [0.15, 0.2) is 6.07 Å². The average Bonchev–Trinajstić information content (AvgIpc) is 2.47. The molecular weight excluding hydrogens is 270 g/mol. The summed E-state index contributed by atoms with van der Waals surface area (Å²) < 4.78 is 4.90. The predicted molar refractivity (Wildman–Crippen MR) is 81.8 cm³/mol. The van der Waals surface area contributed by atoms with E-state index in [2.05, 4.69) is 14.9 Å². The highest BCUT2D eigenvalue weighted by atomic mass is 16.5. The summed E-state index contributed by atoms with van der Waals surface area (Å²) >= 11 is 0. The van der Waals surface area contributed by atoms with Crippen LogP contribution >= 0.6 is 0 Å². The molecule has 1 aromatic heterocycles. The number of amides is 1. The van der Waals surface area contributed by atoms with E-state index in [1.165, 1.54) is 0 Å². The molecule has 1 amide bonds. The highest BCUT2D eigenvalue weighted by Crippen LogP contribution is 2.19. The molecule has 0 atom stereocenters. The Bertz CT molecular complexity index is 498. The second-order valence-electron chi connectivity index (χ2n) is 5.33. The Balaban J connectivity index is 2.03. The zero-order valence-corrected chi connectivity index (χ0v) is 13.2. The van der Waals surface area contributed by atoms with Crippen molar-refractivity contribution in [2.45, 2.75) is 6.92 Å². The molecule has 0 saturated carbocycles. The second kappa shape index (κ2) is 6.71. The van der Waals surface area contributed by atoms with Crippen LogP contribution in [-0.4, -0.2) is 74.8 Å². The highest BCUT2D eigenvalue weighted by molar-refractivity contribution is 5.77. The van der Waals surface area contributed by atoms with E-state index in [1.54, 1.807) is 7.11 Å². The fourth-order valence-corrected chi connectivity index (χ4v) is 2.33. The van der Waals surface area contributed by atoms with Crippen LogP contribution in [0, 0.1) is 6.92 Å². The van der Waals surface area contributed by atoms with Gasteiger partial charge in [-0.15, -0.1) is 0 Å². The lowest BCUT2D eigenvalue weighted by Crippen LogP contribution is -2.50. The van der Waals surface area contributed by atoms with Crippen molar-refractivity contribution in [1.82, 2.24) is 14.9 Å². The number of carbonyl (C=O) groups is 1. The zero-order chi connectivity index (χ0) is 15.4. The molecule has 0 radical (unpaired) electrons. The summed E-state index contributed by atoms with van der Waals surface area (Å²) in [7, 11) is 5.47. The van der Waals surface area contributed by atoms with Gasteiger partial charge in [-0.25, -0.2) is 9.97 Å². The number of ether oxygens (including phenoxy) is 1. The van der Waals surface area contributed by atoms with Crippen molar-refractivity contribution in [3.63, 3.8) is 0 Å². The molecule has 0 aliphatic carbocycles. The fraction of sp³-hybridized carbons (Fsp3) is 0.643. The Morgan fingerprint density at radius 1 is 1.29 bits per heavy atom. The molecule has 0 aromatic carbocycles. The molecule has 0 unspecified atom stereocenters. The van der Waals surface area contributed by atoms with Crippen LogP contribution in [0.1, 0.15) is 5.82 Å². The molecule has 7 heteroatoms. The first-order valence-electron chi connectivity index (χ1n) is 7.06. The first kappa shape index (κ1) is 15.5. The van der Waals surface area contributed by atoms with Gasteiger partial charge in [0.15, 0.2) is 0 Å². The van der Waals surface area contributed by atoms with Gasteiger partial charge < -0.3 is 19.4 Å². The Labute approximate surface area is 125 Å². The van der Waals surface area contributed by atoms with Gasteiger partial charge in [0.1, 0.15) is 24.1 Å². The van der Waals surface area contributed by atoms with Crippen molar-refractivity contribution in [2.24, 2.45) is 0 Å². The van der Waals surface area contributed by atoms with Crippen molar-refractivity contribution < 1.29 is 9.53 Å². The van der Waals surface area contributed by atoms with Crippen molar-refractivity contribution in [3.05, 3.63) is 11.9 Å². The normalized spacial score (nSPS) is 15.2. The van der Waals surface area contributed by atoms with Gasteiger partial charge in [-0.3, -0.25) is 4.79 Å². The SMILES string of the molecule is COCC(=O)N1CCN(c2cc(N(C)C)nc(C)n2)CC1. The van der Waals surface area contributed by atoms with Crippen LogP contribution in [0.2, 0.25) is 0 Å². The number of rotatable bonds is 4. The number of anilines is 2. The number of hydrogen-bond acceptors (Lipinski definition) is 6. The van der Waals surface area contributed by atoms with Crippen LogP contribution in [0.4, 0.5) is 11.6 Å². The van der Waals surface area contributed by atoms with E-state index in [9.17, 15) is 4.79 Å². The Morgan fingerprint density at radius 3 is 2.52 bits per heavy atom. The fourth-order valence-electron chi connectivity index (χ4n) is 2.33. The summed E-state index contributed by atoms with van der Waals surface area (Å²) in [5, 5.41) is 0. The first-order valence-corrected chi connectivity index (χ1v) is 7.06. The van der Waals surface area contributed by atoms with Crippen molar-refractivity contribution in [3.8, 4) is 0 Å². The number of aromatic nitrogens is 2. The molecule has 0 spiro atoms. The summed E-state index contributed by atoms with van der Waals surface area (Å²) in [4.78, 5) is 26.7. The maximum Gasteiger partial charge on any atom is 0.248 e. The lowest BCUT2D eigenvalue weighted by molar-refractivity contribution is -0.135. The number of carbonyl (C=O) groups excluding carboxylic acids is 1. The summed E-state index contributed by atoms with van der Waals surface area (Å²) in [5.74, 6) is 2.62. The molecule has 116 valence electrons. The Kier molecular flexibility index (Phi) is 4.95. The minimum absolute atomic E-state index is 0.0463. The summed E-state index contributed by atoms with van der Waals surface area (Å²) in [5.41, 5.74) is 0. The number of nitrogens with zero attached hydrogens (tertiary/aromatic N) is 5. The molecule has 1 aromatic rings. The quantitative estimate of drug-likeness (QED) is 0.787. The maximum absolute atomic E-state index is 11.8. The second-order valence-corrected chi connectivity index (χ2v) is 5.33. The standard InChI is InChI=1S/C14H23N5O2/c1-11-15-12(17(2)3)9-13(16-11)18-5-7-19(8-6-18)14(20)10-21-4/h9H,5-8,10H2,1-4H3. The number of aryl methyl sites for hydroxylation is 1. The van der Waals surface area contributed by atoms with Crippen LogP contribution in [0.3, 0.4) is 0 Å². The van der Waals surface area contributed by atoms with E-state index in [0.29, 0.717) is 13.1 Å². The molecule has 2 heterocycles. The summed E-state index contributed by atoms with van der Waals surface area (Å²) in [6, 6.07) is 1.99. The van der Waals surface area contributed by atoms with E-state index in [4.69, 9.17) is 4.74 Å². The molecular formula is C14H23N5O2. The van der Waals surface area contributed by atoms with Gasteiger partial charge in [0.25, 0.3) is 0 Å². The molecule has 0 N–H and O–H groups in total. The largest absolute Gasteiger partial charge is 0.375 e. The van der Waals surface area contributed by atoms with Crippen molar-refractivity contribution >= 4 is 17.5 Å². The maximum atomic E-state index is 11.8. The molecule has 7 nitrogen and oxygen atoms in total. The number of methoxy groups -OCH3 is 1. The third-order valence-corrected chi connectivity index (χ3v) is 3.49. The van der Waals surface area contributed by atoms with E-state index < -0.39 is 0 Å². The first-order chi connectivity index (χ1) is 10.0. The molecule has 21 heavy (non-hydrogen) atoms. The Morgan fingerprint density at radius 2 is 1.95 bits per heavy atom. The van der Waals surface area contributed by atoms with Crippen LogP contribution in [-0.2, 0) is 9.53 Å². The van der Waals surface area contributed by atoms with Gasteiger partial charge in [-0.2, -0.15) is 0 Å². The van der Waals surface area contributed by atoms with Gasteiger partial charge in [0.2, 0.25) is 5.91 Å². The van der Waals surface area contributed by atoms with Crippen LogP contribution in [0.25, 0.3) is 0 Å². The van der Waals surface area contributed by atoms with Gasteiger partial charge in [-0.1, -0.05) is 0 Å².